The van der Waals surface area contributed by atoms with Crippen LogP contribution in [0.15, 0.2) is 79.0 Å². The van der Waals surface area contributed by atoms with Gasteiger partial charge in [0.1, 0.15) is 12.2 Å². The van der Waals surface area contributed by atoms with E-state index in [4.69, 9.17) is 4.74 Å². The maximum atomic E-state index is 13.1. The molecule has 8 heteroatoms. The quantitative estimate of drug-likeness (QED) is 0.310. The van der Waals surface area contributed by atoms with Crippen molar-refractivity contribution in [2.75, 3.05) is 13.2 Å². The zero-order valence-corrected chi connectivity index (χ0v) is 21.5. The summed E-state index contributed by atoms with van der Waals surface area (Å²) in [5.74, 6) is -0.924. The molecule has 5 atom stereocenters. The number of aromatic nitrogens is 1. The van der Waals surface area contributed by atoms with Crippen LogP contribution in [0.5, 0.6) is 0 Å². The minimum Gasteiger partial charge on any atom is -0.388 e. The van der Waals surface area contributed by atoms with E-state index in [1.54, 1.807) is 12.1 Å². The molecular weight excluding hydrogens is 482 g/mol. The van der Waals surface area contributed by atoms with Crippen LogP contribution in [0.3, 0.4) is 0 Å². The summed E-state index contributed by atoms with van der Waals surface area (Å²) in [6.45, 7) is 2.68. The van der Waals surface area contributed by atoms with Gasteiger partial charge in [0.25, 0.3) is 5.91 Å². The lowest BCUT2D eigenvalue weighted by molar-refractivity contribution is -0.127. The van der Waals surface area contributed by atoms with E-state index < -0.39 is 30.2 Å². The molecule has 0 saturated carbocycles. The number of amides is 2. The third-order valence-corrected chi connectivity index (χ3v) is 6.89. The van der Waals surface area contributed by atoms with Gasteiger partial charge in [0.2, 0.25) is 5.91 Å². The van der Waals surface area contributed by atoms with E-state index in [1.807, 2.05) is 67.6 Å². The molecule has 1 aliphatic heterocycles. The molecule has 1 saturated heterocycles. The first-order chi connectivity index (χ1) is 18.4. The van der Waals surface area contributed by atoms with Gasteiger partial charge >= 0.3 is 0 Å². The van der Waals surface area contributed by atoms with Gasteiger partial charge in [0.15, 0.2) is 0 Å². The average molecular weight is 518 g/mol. The summed E-state index contributed by atoms with van der Waals surface area (Å²) in [4.78, 5) is 30.2. The molecule has 2 heterocycles. The summed E-state index contributed by atoms with van der Waals surface area (Å²) in [5, 5.41) is 28.7. The molecule has 38 heavy (non-hydrogen) atoms. The van der Waals surface area contributed by atoms with E-state index in [0.717, 1.165) is 16.8 Å². The number of carbonyl (C=O) groups is 2. The zero-order chi connectivity index (χ0) is 26.9. The van der Waals surface area contributed by atoms with Crippen LogP contribution in [0.1, 0.15) is 33.6 Å². The molecule has 0 aliphatic carbocycles. The van der Waals surface area contributed by atoms with Crippen molar-refractivity contribution in [1.29, 1.82) is 0 Å². The number of rotatable bonds is 11. The number of hydrogen-bond acceptors (Lipinski definition) is 6. The summed E-state index contributed by atoms with van der Waals surface area (Å²) in [6.07, 6.45) is -0.0357. The normalized spacial score (nSPS) is 18.2. The summed E-state index contributed by atoms with van der Waals surface area (Å²) in [5.41, 5.74) is 2.93. The molecule has 1 fully saturated rings. The van der Waals surface area contributed by atoms with E-state index in [1.165, 1.54) is 6.20 Å². The van der Waals surface area contributed by atoms with Gasteiger partial charge in [0.05, 0.1) is 30.2 Å². The maximum absolute atomic E-state index is 13.1. The highest BCUT2D eigenvalue weighted by Crippen LogP contribution is 2.18. The van der Waals surface area contributed by atoms with Crippen LogP contribution in [0.2, 0.25) is 0 Å². The molecule has 200 valence electrons. The summed E-state index contributed by atoms with van der Waals surface area (Å²) < 4.78 is 5.36. The third-order valence-electron chi connectivity index (χ3n) is 6.89. The Balaban J connectivity index is 1.56. The number of benzene rings is 2. The van der Waals surface area contributed by atoms with Gasteiger partial charge in [-0.05, 0) is 49.4 Å². The molecular formula is C30H35N3O5. The summed E-state index contributed by atoms with van der Waals surface area (Å²) >= 11 is 0. The van der Waals surface area contributed by atoms with Crippen LogP contribution in [0, 0.1) is 12.8 Å². The van der Waals surface area contributed by atoms with Crippen LogP contribution in [-0.4, -0.2) is 64.5 Å². The van der Waals surface area contributed by atoms with Crippen LogP contribution in [0.4, 0.5) is 0 Å². The van der Waals surface area contributed by atoms with E-state index in [2.05, 4.69) is 15.6 Å². The minimum absolute atomic E-state index is 0.218. The highest BCUT2D eigenvalue weighted by Gasteiger charge is 2.36. The smallest absolute Gasteiger partial charge is 0.253 e. The first kappa shape index (κ1) is 27.4. The standard InChI is InChI=1S/C30H35N3O5/c1-20-12-13-23(18-31-20)29(36)32-25(16-21-8-4-2-5-9-21)27(34)28(35)26(17-22-10-6-3-7-11-22)33-30(37)24-14-15-38-19-24/h2-13,18,24-28,34-35H,14-17,19H2,1H3,(H,32,36)(H,33,37)/t24?,25-,26-,27+,28+/m0/s1. The lowest BCUT2D eigenvalue weighted by Gasteiger charge is -2.33. The van der Waals surface area contributed by atoms with Gasteiger partial charge in [-0.2, -0.15) is 0 Å². The fourth-order valence-electron chi connectivity index (χ4n) is 4.62. The Morgan fingerprint density at radius 1 is 0.895 bits per heavy atom. The van der Waals surface area contributed by atoms with Crippen molar-refractivity contribution in [1.82, 2.24) is 15.6 Å². The summed E-state index contributed by atoms with van der Waals surface area (Å²) in [7, 11) is 0. The van der Waals surface area contributed by atoms with Gasteiger partial charge in [-0.15, -0.1) is 0 Å². The molecule has 1 aliphatic rings. The largest absolute Gasteiger partial charge is 0.388 e. The molecule has 1 aromatic heterocycles. The van der Waals surface area contributed by atoms with Crippen LogP contribution >= 0.6 is 0 Å². The number of hydrogen-bond donors (Lipinski definition) is 4. The topological polar surface area (TPSA) is 121 Å². The van der Waals surface area contributed by atoms with Crippen LogP contribution in [0.25, 0.3) is 0 Å². The van der Waals surface area contributed by atoms with Gasteiger partial charge in [0, 0.05) is 18.5 Å². The second-order valence-corrected chi connectivity index (χ2v) is 9.80. The number of nitrogens with one attached hydrogen (secondary N) is 2. The first-order valence-corrected chi connectivity index (χ1v) is 13.0. The second kappa shape index (κ2) is 13.3. The number of aliphatic hydroxyl groups is 2. The molecule has 8 nitrogen and oxygen atoms in total. The molecule has 4 rings (SSSR count). The lowest BCUT2D eigenvalue weighted by atomic mass is 9.90. The van der Waals surface area contributed by atoms with Crippen molar-refractivity contribution in [3.8, 4) is 0 Å². The SMILES string of the molecule is Cc1ccc(C(=O)N[C@@H](Cc2ccccc2)[C@@H](O)[C@H](O)[C@H](Cc2ccccc2)NC(=O)C2CCOC2)cn1. The number of nitrogens with zero attached hydrogens (tertiary/aromatic N) is 1. The number of pyridine rings is 1. The Kier molecular flexibility index (Phi) is 9.59. The predicted octanol–water partition coefficient (Wildman–Crippen LogP) is 2.22. The lowest BCUT2D eigenvalue weighted by Crippen LogP contribution is -2.57. The number of ether oxygens (including phenoxy) is 1. The number of carbonyl (C=O) groups excluding carboxylic acids is 2. The Morgan fingerprint density at radius 2 is 1.47 bits per heavy atom. The van der Waals surface area contributed by atoms with Crippen molar-refractivity contribution in [2.45, 2.75) is 50.5 Å². The predicted molar refractivity (Wildman–Crippen MR) is 143 cm³/mol. The fraction of sp³-hybridized carbons (Fsp3) is 0.367. The zero-order valence-electron chi connectivity index (χ0n) is 21.5. The molecule has 0 radical (unpaired) electrons. The molecule has 0 spiro atoms. The number of aliphatic hydroxyl groups excluding tert-OH is 2. The van der Waals surface area contributed by atoms with E-state index in [0.29, 0.717) is 31.6 Å². The van der Waals surface area contributed by atoms with Gasteiger partial charge < -0.3 is 25.6 Å². The first-order valence-electron chi connectivity index (χ1n) is 13.0. The molecule has 2 amide bonds. The summed E-state index contributed by atoms with van der Waals surface area (Å²) in [6, 6.07) is 20.7. The second-order valence-electron chi connectivity index (χ2n) is 9.80. The minimum atomic E-state index is -1.37. The van der Waals surface area contributed by atoms with Crippen molar-refractivity contribution >= 4 is 11.8 Å². The highest BCUT2D eigenvalue weighted by molar-refractivity contribution is 5.94. The molecule has 3 aromatic rings. The van der Waals surface area contributed by atoms with Gasteiger partial charge in [-0.1, -0.05) is 60.7 Å². The molecule has 4 N–H and O–H groups in total. The fourth-order valence-corrected chi connectivity index (χ4v) is 4.62. The van der Waals surface area contributed by atoms with E-state index >= 15 is 0 Å². The number of aryl methyl sites for hydroxylation is 1. The van der Waals surface area contributed by atoms with Crippen LogP contribution in [-0.2, 0) is 22.4 Å². The van der Waals surface area contributed by atoms with E-state index in [-0.39, 0.29) is 18.2 Å². The Bertz CT molecular complexity index is 1170. The Hall–Kier alpha value is -3.59. The van der Waals surface area contributed by atoms with Crippen molar-refractivity contribution in [2.24, 2.45) is 5.92 Å². The third kappa shape index (κ3) is 7.47. The van der Waals surface area contributed by atoms with Crippen molar-refractivity contribution in [3.05, 3.63) is 101 Å². The van der Waals surface area contributed by atoms with Crippen molar-refractivity contribution < 1.29 is 24.5 Å². The van der Waals surface area contributed by atoms with Gasteiger partial charge in [-0.25, -0.2) is 0 Å². The molecule has 0 bridgehead atoms. The average Bonchev–Trinajstić information content (AvgIpc) is 3.48. The Labute approximate surface area is 223 Å². The Morgan fingerprint density at radius 3 is 1.97 bits per heavy atom. The molecule has 2 aromatic carbocycles. The maximum Gasteiger partial charge on any atom is 0.253 e. The van der Waals surface area contributed by atoms with Crippen molar-refractivity contribution in [3.63, 3.8) is 0 Å². The molecule has 1 unspecified atom stereocenters. The monoisotopic (exact) mass is 517 g/mol. The van der Waals surface area contributed by atoms with Crippen LogP contribution < -0.4 is 10.6 Å². The highest BCUT2D eigenvalue weighted by atomic mass is 16.5. The van der Waals surface area contributed by atoms with E-state index in [9.17, 15) is 19.8 Å². The van der Waals surface area contributed by atoms with Gasteiger partial charge in [-0.3, -0.25) is 14.6 Å².